The number of rotatable bonds is 5. The van der Waals surface area contributed by atoms with Crippen LogP contribution in [0.3, 0.4) is 0 Å². The Morgan fingerprint density at radius 1 is 1.00 bits per heavy atom. The zero-order chi connectivity index (χ0) is 23.7. The summed E-state index contributed by atoms with van der Waals surface area (Å²) >= 11 is 0. The van der Waals surface area contributed by atoms with Crippen molar-refractivity contribution in [2.45, 2.75) is 13.5 Å². The van der Waals surface area contributed by atoms with Gasteiger partial charge in [-0.1, -0.05) is 24.3 Å². The molecule has 0 spiro atoms. The maximum absolute atomic E-state index is 13.5. The molecule has 2 heterocycles. The second kappa shape index (κ2) is 8.71. The number of anilines is 1. The minimum Gasteiger partial charge on any atom is -0.508 e. The number of nitrogens with zero attached hydrogens (tertiary/aromatic N) is 3. The number of phenols is 2. The fraction of sp³-hybridized carbons (Fsp3) is 0.0741. The third-order valence-corrected chi connectivity index (χ3v) is 5.90. The number of H-pyrrole nitrogens is 1. The molecule has 0 atom stereocenters. The molecule has 0 unspecified atom stereocenters. The van der Waals surface area contributed by atoms with Gasteiger partial charge in [0.25, 0.3) is 5.91 Å². The predicted molar refractivity (Wildman–Crippen MR) is 131 cm³/mol. The van der Waals surface area contributed by atoms with Crippen molar-refractivity contribution in [3.63, 3.8) is 0 Å². The van der Waals surface area contributed by atoms with E-state index in [4.69, 9.17) is 0 Å². The van der Waals surface area contributed by atoms with E-state index in [0.717, 1.165) is 39.2 Å². The van der Waals surface area contributed by atoms with Gasteiger partial charge in [-0.15, -0.1) is 0 Å². The summed E-state index contributed by atoms with van der Waals surface area (Å²) in [5, 5.41) is 28.1. The number of carbonyl (C=O) groups excluding carboxylic acids is 1. The number of nitrogens with one attached hydrogen (secondary N) is 1. The largest absolute Gasteiger partial charge is 0.508 e. The molecule has 5 aromatic rings. The number of aromatic hydroxyl groups is 2. The molecule has 3 N–H and O–H groups in total. The minimum absolute atomic E-state index is 0.104. The Kier molecular flexibility index (Phi) is 5.43. The molecule has 0 radical (unpaired) electrons. The molecule has 0 bridgehead atoms. The number of phenolic OH excluding ortho intramolecular Hbond substituents is 2. The van der Waals surface area contributed by atoms with Crippen molar-refractivity contribution in [1.29, 1.82) is 0 Å². The molecule has 0 fully saturated rings. The van der Waals surface area contributed by atoms with Crippen molar-refractivity contribution >= 4 is 22.5 Å². The van der Waals surface area contributed by atoms with E-state index in [2.05, 4.69) is 28.2 Å². The van der Waals surface area contributed by atoms with Crippen molar-refractivity contribution < 1.29 is 15.0 Å². The monoisotopic (exact) mass is 450 g/mol. The zero-order valence-corrected chi connectivity index (χ0v) is 18.4. The average Bonchev–Trinajstić information content (AvgIpc) is 3.33. The van der Waals surface area contributed by atoms with Gasteiger partial charge in [0.15, 0.2) is 0 Å². The van der Waals surface area contributed by atoms with Gasteiger partial charge in [-0.05, 0) is 65.6 Å². The maximum Gasteiger partial charge on any atom is 0.262 e. The number of carbonyl (C=O) groups is 1. The van der Waals surface area contributed by atoms with Crippen LogP contribution in [0.15, 0.2) is 85.3 Å². The lowest BCUT2D eigenvalue weighted by molar-refractivity contribution is 0.0982. The first kappa shape index (κ1) is 21.2. The van der Waals surface area contributed by atoms with E-state index in [-0.39, 0.29) is 29.5 Å². The van der Waals surface area contributed by atoms with Crippen LogP contribution in [0, 0.1) is 6.92 Å². The summed E-state index contributed by atoms with van der Waals surface area (Å²) in [6, 6.07) is 19.5. The molecule has 7 heteroatoms. The van der Waals surface area contributed by atoms with Crippen molar-refractivity contribution in [2.75, 3.05) is 4.90 Å². The molecular formula is C27H22N4O3. The first-order valence-electron chi connectivity index (χ1n) is 10.8. The van der Waals surface area contributed by atoms with E-state index in [1.54, 1.807) is 17.3 Å². The molecule has 0 aliphatic heterocycles. The van der Waals surface area contributed by atoms with E-state index in [0.29, 0.717) is 5.69 Å². The van der Waals surface area contributed by atoms with Crippen molar-refractivity contribution in [3.8, 4) is 22.6 Å². The summed E-state index contributed by atoms with van der Waals surface area (Å²) in [6.45, 7) is 2.33. The molecule has 7 nitrogen and oxygen atoms in total. The van der Waals surface area contributed by atoms with Gasteiger partial charge in [0, 0.05) is 29.5 Å². The predicted octanol–water partition coefficient (Wildman–Crippen LogP) is 5.19. The Balaban J connectivity index is 1.52. The number of hydrogen-bond acceptors (Lipinski definition) is 5. The number of amides is 1. The first-order valence-corrected chi connectivity index (χ1v) is 10.8. The number of benzene rings is 3. The third-order valence-electron chi connectivity index (χ3n) is 5.90. The van der Waals surface area contributed by atoms with E-state index in [9.17, 15) is 15.0 Å². The van der Waals surface area contributed by atoms with Crippen molar-refractivity contribution in [1.82, 2.24) is 15.2 Å². The molecular weight excluding hydrogens is 428 g/mol. The van der Waals surface area contributed by atoms with Gasteiger partial charge in [0.2, 0.25) is 0 Å². The number of aryl methyl sites for hydroxylation is 1. The molecule has 168 valence electrons. The van der Waals surface area contributed by atoms with Gasteiger partial charge in [-0.25, -0.2) is 0 Å². The van der Waals surface area contributed by atoms with Crippen molar-refractivity contribution in [3.05, 3.63) is 102 Å². The van der Waals surface area contributed by atoms with E-state index in [1.165, 1.54) is 12.1 Å². The molecule has 1 amide bonds. The highest BCUT2D eigenvalue weighted by Gasteiger charge is 2.22. The van der Waals surface area contributed by atoms with Gasteiger partial charge >= 0.3 is 0 Å². The average molecular weight is 450 g/mol. The highest BCUT2D eigenvalue weighted by Crippen LogP contribution is 2.32. The van der Waals surface area contributed by atoms with Crippen LogP contribution in [0.4, 0.5) is 5.69 Å². The molecule has 0 aliphatic rings. The SMILES string of the molecule is Cc1c(-c2ccc(N(Cc3cccnc3)C(=O)c3ccc(O)cc3O)cc2)ccc2[nH]ncc12. The Hall–Kier alpha value is -4.65. The smallest absolute Gasteiger partial charge is 0.262 e. The summed E-state index contributed by atoms with van der Waals surface area (Å²) < 4.78 is 0. The molecule has 0 saturated carbocycles. The lowest BCUT2D eigenvalue weighted by atomic mass is 9.97. The standard InChI is InChI=1S/C27H22N4O3/c1-17-22(10-11-25-24(17)15-29-30-25)19-4-6-20(7-5-19)31(16-18-3-2-12-28-14-18)27(34)23-9-8-21(32)13-26(23)33/h2-15,32-33H,16H2,1H3,(H,29,30). The van der Waals surface area contributed by atoms with Gasteiger partial charge < -0.3 is 15.1 Å². The topological polar surface area (TPSA) is 102 Å². The lowest BCUT2D eigenvalue weighted by Crippen LogP contribution is -2.30. The van der Waals surface area contributed by atoms with Crippen LogP contribution in [-0.4, -0.2) is 31.3 Å². The van der Waals surface area contributed by atoms with Crippen LogP contribution in [0.5, 0.6) is 11.5 Å². The highest BCUT2D eigenvalue weighted by atomic mass is 16.3. The van der Waals surface area contributed by atoms with Gasteiger partial charge in [0.05, 0.1) is 23.8 Å². The Morgan fingerprint density at radius 2 is 1.82 bits per heavy atom. The fourth-order valence-electron chi connectivity index (χ4n) is 4.09. The van der Waals surface area contributed by atoms with Gasteiger partial charge in [-0.2, -0.15) is 5.10 Å². The number of aromatic nitrogens is 3. The lowest BCUT2D eigenvalue weighted by Gasteiger charge is -2.24. The minimum atomic E-state index is -0.384. The van der Waals surface area contributed by atoms with Crippen LogP contribution in [0.2, 0.25) is 0 Å². The van der Waals surface area contributed by atoms with Crippen LogP contribution >= 0.6 is 0 Å². The summed E-state index contributed by atoms with van der Waals surface area (Å²) in [4.78, 5) is 19.2. The van der Waals surface area contributed by atoms with E-state index in [1.807, 2.05) is 48.7 Å². The molecule has 2 aromatic heterocycles. The fourth-order valence-corrected chi connectivity index (χ4v) is 4.09. The van der Waals surface area contributed by atoms with Crippen LogP contribution in [0.25, 0.3) is 22.0 Å². The summed E-state index contributed by atoms with van der Waals surface area (Å²) in [5.41, 5.74) is 5.84. The number of pyridine rings is 1. The molecule has 5 rings (SSSR count). The normalized spacial score (nSPS) is 11.0. The molecule has 3 aromatic carbocycles. The second-order valence-corrected chi connectivity index (χ2v) is 8.07. The van der Waals surface area contributed by atoms with Gasteiger partial charge in [0.1, 0.15) is 11.5 Å². The summed E-state index contributed by atoms with van der Waals surface area (Å²) in [6.07, 6.45) is 5.20. The Labute approximate surface area is 196 Å². The number of hydrogen-bond donors (Lipinski definition) is 3. The quantitative estimate of drug-likeness (QED) is 0.342. The molecule has 34 heavy (non-hydrogen) atoms. The third kappa shape index (κ3) is 3.95. The summed E-state index contributed by atoms with van der Waals surface area (Å²) in [5.74, 6) is -0.769. The van der Waals surface area contributed by atoms with E-state index >= 15 is 0 Å². The van der Waals surface area contributed by atoms with Crippen molar-refractivity contribution in [2.24, 2.45) is 0 Å². The Bertz CT molecular complexity index is 1480. The van der Waals surface area contributed by atoms with E-state index < -0.39 is 0 Å². The van der Waals surface area contributed by atoms with Crippen LogP contribution in [0.1, 0.15) is 21.5 Å². The molecule has 0 saturated heterocycles. The Morgan fingerprint density at radius 3 is 2.56 bits per heavy atom. The maximum atomic E-state index is 13.5. The van der Waals surface area contributed by atoms with Crippen LogP contribution in [-0.2, 0) is 6.54 Å². The summed E-state index contributed by atoms with van der Waals surface area (Å²) in [7, 11) is 0. The molecule has 0 aliphatic carbocycles. The number of aromatic amines is 1. The zero-order valence-electron chi connectivity index (χ0n) is 18.4. The highest BCUT2D eigenvalue weighted by molar-refractivity contribution is 6.08. The second-order valence-electron chi connectivity index (χ2n) is 8.07. The first-order chi connectivity index (χ1) is 16.5. The van der Waals surface area contributed by atoms with Crippen LogP contribution < -0.4 is 4.90 Å². The van der Waals surface area contributed by atoms with Gasteiger partial charge in [-0.3, -0.25) is 14.9 Å². The number of fused-ring (bicyclic) bond motifs is 1.